The van der Waals surface area contributed by atoms with Gasteiger partial charge in [-0.25, -0.2) is 4.79 Å². The lowest BCUT2D eigenvalue weighted by Gasteiger charge is -2.27. The third kappa shape index (κ3) is 3.67. The molecule has 6 nitrogen and oxygen atoms in total. The van der Waals surface area contributed by atoms with Crippen molar-refractivity contribution < 1.29 is 9.59 Å². The van der Waals surface area contributed by atoms with E-state index in [0.717, 1.165) is 35.3 Å². The molecule has 0 saturated heterocycles. The van der Waals surface area contributed by atoms with E-state index in [1.165, 1.54) is 5.56 Å². The van der Waals surface area contributed by atoms with Crippen molar-refractivity contribution in [3.63, 3.8) is 0 Å². The van der Waals surface area contributed by atoms with E-state index in [4.69, 9.17) is 0 Å². The fourth-order valence-electron chi connectivity index (χ4n) is 3.96. The van der Waals surface area contributed by atoms with Gasteiger partial charge in [0.2, 0.25) is 5.91 Å². The molecule has 2 aliphatic heterocycles. The van der Waals surface area contributed by atoms with Crippen LogP contribution in [0.25, 0.3) is 0 Å². The summed E-state index contributed by atoms with van der Waals surface area (Å²) in [6.07, 6.45) is 2.45. The zero-order valence-electron chi connectivity index (χ0n) is 16.3. The highest BCUT2D eigenvalue weighted by atomic mass is 16.2. The van der Waals surface area contributed by atoms with Gasteiger partial charge < -0.3 is 20.9 Å². The molecular formula is C22H26N4O2. The molecule has 2 aliphatic rings. The molecular weight excluding hydrogens is 352 g/mol. The third-order valence-corrected chi connectivity index (χ3v) is 5.68. The highest BCUT2D eigenvalue weighted by Gasteiger charge is 2.25. The Labute approximate surface area is 165 Å². The number of nitrogens with one attached hydrogen (secondary N) is 3. The lowest BCUT2D eigenvalue weighted by Crippen LogP contribution is -2.43. The predicted molar refractivity (Wildman–Crippen MR) is 111 cm³/mol. The number of hydrogen-bond acceptors (Lipinski definition) is 3. The Hall–Kier alpha value is -3.02. The number of carbonyl (C=O) groups excluding carboxylic acids is 2. The van der Waals surface area contributed by atoms with Crippen LogP contribution in [0.3, 0.4) is 0 Å². The first-order valence-corrected chi connectivity index (χ1v) is 9.79. The van der Waals surface area contributed by atoms with Gasteiger partial charge in [0.1, 0.15) is 0 Å². The zero-order chi connectivity index (χ0) is 19.7. The summed E-state index contributed by atoms with van der Waals surface area (Å²) >= 11 is 0. The van der Waals surface area contributed by atoms with Crippen molar-refractivity contribution in [2.45, 2.75) is 38.3 Å². The van der Waals surface area contributed by atoms with Gasteiger partial charge in [0.15, 0.2) is 0 Å². The number of hydrogen-bond donors (Lipinski definition) is 3. The summed E-state index contributed by atoms with van der Waals surface area (Å²) in [4.78, 5) is 25.9. The molecule has 0 fully saturated rings. The van der Waals surface area contributed by atoms with Crippen LogP contribution in [0.2, 0.25) is 0 Å². The lowest BCUT2D eigenvalue weighted by molar-refractivity contribution is -0.117. The Bertz CT molecular complexity index is 911. The molecule has 2 atom stereocenters. The molecule has 146 valence electrons. The van der Waals surface area contributed by atoms with Gasteiger partial charge in [-0.05, 0) is 48.6 Å². The number of likely N-dealkylation sites (N-methyl/N-ethyl adjacent to an activating group) is 1. The summed E-state index contributed by atoms with van der Waals surface area (Å²) in [6.45, 7) is 2.53. The molecule has 0 aromatic heterocycles. The maximum absolute atomic E-state index is 12.3. The summed E-state index contributed by atoms with van der Waals surface area (Å²) < 4.78 is 0. The summed E-state index contributed by atoms with van der Waals surface area (Å²) in [6, 6.07) is 14.2. The van der Waals surface area contributed by atoms with Crippen LogP contribution < -0.4 is 20.9 Å². The van der Waals surface area contributed by atoms with Crippen molar-refractivity contribution in [2.24, 2.45) is 0 Å². The molecule has 2 heterocycles. The maximum atomic E-state index is 12.3. The van der Waals surface area contributed by atoms with Crippen LogP contribution in [0.1, 0.15) is 36.1 Å². The van der Waals surface area contributed by atoms with E-state index < -0.39 is 0 Å². The number of carbonyl (C=O) groups is 2. The number of rotatable bonds is 4. The Morgan fingerprint density at radius 1 is 1.25 bits per heavy atom. The number of nitrogens with zero attached hydrogens (tertiary/aromatic N) is 1. The number of para-hydroxylation sites is 1. The summed E-state index contributed by atoms with van der Waals surface area (Å²) in [7, 11) is 1.79. The van der Waals surface area contributed by atoms with Crippen LogP contribution >= 0.6 is 0 Å². The first-order valence-electron chi connectivity index (χ1n) is 9.79. The van der Waals surface area contributed by atoms with E-state index in [1.54, 1.807) is 11.9 Å². The normalized spacial score (nSPS) is 18.7. The van der Waals surface area contributed by atoms with Crippen LogP contribution in [0.5, 0.6) is 0 Å². The third-order valence-electron chi connectivity index (χ3n) is 5.68. The number of aryl methyl sites for hydroxylation is 1. The van der Waals surface area contributed by atoms with E-state index in [-0.39, 0.29) is 24.0 Å². The number of anilines is 2. The highest BCUT2D eigenvalue weighted by Crippen LogP contribution is 2.30. The van der Waals surface area contributed by atoms with Crippen LogP contribution in [-0.4, -0.2) is 31.6 Å². The first kappa shape index (κ1) is 18.3. The Kier molecular flexibility index (Phi) is 4.94. The minimum Gasteiger partial charge on any atom is -0.380 e. The van der Waals surface area contributed by atoms with Crippen molar-refractivity contribution in [1.29, 1.82) is 0 Å². The molecule has 6 heteroatoms. The van der Waals surface area contributed by atoms with Crippen LogP contribution in [0.4, 0.5) is 16.2 Å². The van der Waals surface area contributed by atoms with Crippen LogP contribution in [0, 0.1) is 0 Å². The Morgan fingerprint density at radius 2 is 2.07 bits per heavy atom. The van der Waals surface area contributed by atoms with Gasteiger partial charge in [0.25, 0.3) is 0 Å². The average Bonchev–Trinajstić information content (AvgIpc) is 2.99. The molecule has 2 aromatic rings. The number of benzene rings is 2. The molecule has 28 heavy (non-hydrogen) atoms. The van der Waals surface area contributed by atoms with E-state index in [9.17, 15) is 9.59 Å². The van der Waals surface area contributed by atoms with Crippen molar-refractivity contribution in [2.75, 3.05) is 23.8 Å². The van der Waals surface area contributed by atoms with E-state index in [0.29, 0.717) is 13.0 Å². The fourth-order valence-corrected chi connectivity index (χ4v) is 3.96. The van der Waals surface area contributed by atoms with Crippen LogP contribution in [0.15, 0.2) is 42.5 Å². The highest BCUT2D eigenvalue weighted by molar-refractivity contribution is 6.00. The summed E-state index contributed by atoms with van der Waals surface area (Å²) in [5, 5.41) is 9.46. The molecule has 0 radical (unpaired) electrons. The minimum atomic E-state index is -0.179. The zero-order valence-corrected chi connectivity index (χ0v) is 16.3. The first-order chi connectivity index (χ1) is 13.5. The number of amides is 3. The van der Waals surface area contributed by atoms with Crippen molar-refractivity contribution in [3.05, 3.63) is 59.2 Å². The second-order valence-electron chi connectivity index (χ2n) is 7.63. The molecule has 3 amide bonds. The molecule has 0 saturated carbocycles. The smallest absolute Gasteiger partial charge is 0.315 e. The molecule has 4 rings (SSSR count). The maximum Gasteiger partial charge on any atom is 0.315 e. The second-order valence-corrected chi connectivity index (χ2v) is 7.63. The van der Waals surface area contributed by atoms with Crippen LogP contribution in [-0.2, 0) is 17.6 Å². The van der Waals surface area contributed by atoms with Crippen molar-refractivity contribution >= 4 is 23.3 Å². The van der Waals surface area contributed by atoms with E-state index >= 15 is 0 Å². The SMILES string of the molecule is CC(NC(=O)NCC1CCc2ccccc2N1)c1ccc2c(c1)CC(=O)N2C. The van der Waals surface area contributed by atoms with E-state index in [2.05, 4.69) is 34.1 Å². The van der Waals surface area contributed by atoms with Gasteiger partial charge in [-0.15, -0.1) is 0 Å². The molecule has 0 bridgehead atoms. The van der Waals surface area contributed by atoms with Gasteiger partial charge in [-0.1, -0.05) is 30.3 Å². The second kappa shape index (κ2) is 7.54. The fraction of sp³-hybridized carbons (Fsp3) is 0.364. The largest absolute Gasteiger partial charge is 0.380 e. The molecule has 2 unspecified atom stereocenters. The van der Waals surface area contributed by atoms with Gasteiger partial charge in [0.05, 0.1) is 12.5 Å². The standard InChI is InChI=1S/C22H26N4O2/c1-14(16-8-10-20-17(11-16)12-21(27)26(20)2)24-22(28)23-13-18-9-7-15-5-3-4-6-19(15)25-18/h3-6,8,10-11,14,18,25H,7,9,12-13H2,1-2H3,(H2,23,24,28). The minimum absolute atomic E-state index is 0.104. The number of fused-ring (bicyclic) bond motifs is 2. The predicted octanol–water partition coefficient (Wildman–Crippen LogP) is 2.99. The molecule has 0 spiro atoms. The van der Waals surface area contributed by atoms with Gasteiger partial charge >= 0.3 is 6.03 Å². The molecule has 2 aromatic carbocycles. The van der Waals surface area contributed by atoms with Crippen molar-refractivity contribution in [3.8, 4) is 0 Å². The average molecular weight is 378 g/mol. The monoisotopic (exact) mass is 378 g/mol. The van der Waals surface area contributed by atoms with E-state index in [1.807, 2.05) is 31.2 Å². The van der Waals surface area contributed by atoms with Crippen molar-refractivity contribution in [1.82, 2.24) is 10.6 Å². The Balaban J connectivity index is 1.30. The van der Waals surface area contributed by atoms with Gasteiger partial charge in [0, 0.05) is 31.0 Å². The summed E-state index contributed by atoms with van der Waals surface area (Å²) in [5.74, 6) is 0.104. The molecule has 3 N–H and O–H groups in total. The van der Waals surface area contributed by atoms with Gasteiger partial charge in [-0.2, -0.15) is 0 Å². The van der Waals surface area contributed by atoms with Gasteiger partial charge in [-0.3, -0.25) is 4.79 Å². The lowest BCUT2D eigenvalue weighted by atomic mass is 9.98. The quantitative estimate of drug-likeness (QED) is 0.766. The topological polar surface area (TPSA) is 73.5 Å². The number of urea groups is 1. The molecule has 0 aliphatic carbocycles. The Morgan fingerprint density at radius 3 is 2.93 bits per heavy atom. The summed E-state index contributed by atoms with van der Waals surface area (Å²) in [5.41, 5.74) is 5.46.